The lowest BCUT2D eigenvalue weighted by Crippen LogP contribution is -1.82. The van der Waals surface area contributed by atoms with Gasteiger partial charge in [-0.15, -0.1) is 11.6 Å². The Morgan fingerprint density at radius 3 is 1.48 bits per heavy atom. The van der Waals surface area contributed by atoms with Gasteiger partial charge < -0.3 is 0 Å². The lowest BCUT2D eigenvalue weighted by molar-refractivity contribution is 0.899. The van der Waals surface area contributed by atoms with Crippen molar-refractivity contribution in [2.45, 2.75) is 73.1 Å². The molecule has 0 bridgehead atoms. The van der Waals surface area contributed by atoms with Crippen molar-refractivity contribution >= 4 is 11.6 Å². The standard InChI is InChI=1S/C20H33Cl/c1-17(2)9-6-10-18(3)11-7-12-19(4)13-8-14-20(5)15-16-21/h9,11,13,15H,6-8,10,12,14,16H2,1-5H3/b18-11+,19-13+,20-15+/i16D2. The summed E-state index contributed by atoms with van der Waals surface area (Å²) in [6.45, 7) is 10.6. The van der Waals surface area contributed by atoms with Gasteiger partial charge in [-0.3, -0.25) is 0 Å². The largest absolute Gasteiger partial charge is 0.122 e. The molecule has 0 aliphatic carbocycles. The van der Waals surface area contributed by atoms with Gasteiger partial charge in [-0.25, -0.2) is 0 Å². The van der Waals surface area contributed by atoms with Crippen LogP contribution in [0.15, 0.2) is 46.6 Å². The summed E-state index contributed by atoms with van der Waals surface area (Å²) in [7, 11) is 0. The van der Waals surface area contributed by atoms with Crippen molar-refractivity contribution in [1.29, 1.82) is 0 Å². The predicted molar refractivity (Wildman–Crippen MR) is 99.1 cm³/mol. The van der Waals surface area contributed by atoms with Gasteiger partial charge in [-0.1, -0.05) is 46.6 Å². The first-order valence-electron chi connectivity index (χ1n) is 8.92. The van der Waals surface area contributed by atoms with Crippen LogP contribution in [0.5, 0.6) is 0 Å². The summed E-state index contributed by atoms with van der Waals surface area (Å²) in [6, 6.07) is 0. The van der Waals surface area contributed by atoms with Gasteiger partial charge in [0.15, 0.2) is 0 Å². The van der Waals surface area contributed by atoms with Crippen molar-refractivity contribution in [2.75, 3.05) is 5.83 Å². The molecule has 1 heteroatoms. The fourth-order valence-electron chi connectivity index (χ4n) is 2.05. The summed E-state index contributed by atoms with van der Waals surface area (Å²) >= 11 is 5.55. The fraction of sp³-hybridized carbons (Fsp3) is 0.600. The Morgan fingerprint density at radius 1 is 0.714 bits per heavy atom. The average Bonchev–Trinajstić information content (AvgIpc) is 2.35. The molecule has 0 N–H and O–H groups in total. The Morgan fingerprint density at radius 2 is 1.10 bits per heavy atom. The first kappa shape index (κ1) is 16.6. The number of hydrogen-bond acceptors (Lipinski definition) is 0. The zero-order valence-corrected chi connectivity index (χ0v) is 15.2. The van der Waals surface area contributed by atoms with Crippen LogP contribution in [0, 0.1) is 0 Å². The lowest BCUT2D eigenvalue weighted by atomic mass is 10.0. The highest BCUT2D eigenvalue weighted by Gasteiger charge is 1.93. The molecule has 0 amide bonds. The maximum absolute atomic E-state index is 7.32. The van der Waals surface area contributed by atoms with E-state index in [1.54, 1.807) is 0 Å². The Bertz CT molecular complexity index is 459. The molecule has 120 valence electrons. The van der Waals surface area contributed by atoms with Gasteiger partial charge in [0.25, 0.3) is 0 Å². The number of hydrogen-bond donors (Lipinski definition) is 0. The molecule has 21 heavy (non-hydrogen) atoms. The Balaban J connectivity index is 4.08. The van der Waals surface area contributed by atoms with Crippen molar-refractivity contribution in [1.82, 2.24) is 0 Å². The summed E-state index contributed by atoms with van der Waals surface area (Å²) < 4.78 is 14.6. The lowest BCUT2D eigenvalue weighted by Gasteiger charge is -2.02. The van der Waals surface area contributed by atoms with E-state index in [1.807, 2.05) is 6.92 Å². The molecule has 0 aliphatic rings. The third kappa shape index (κ3) is 14.0. The van der Waals surface area contributed by atoms with Gasteiger partial charge in [0.1, 0.15) is 0 Å². The number of alkyl halides is 1. The van der Waals surface area contributed by atoms with Crippen molar-refractivity contribution in [3.63, 3.8) is 0 Å². The molecule has 0 rings (SSSR count). The van der Waals surface area contributed by atoms with Gasteiger partial charge >= 0.3 is 0 Å². The smallest absolute Gasteiger partial charge is 0.0480 e. The topological polar surface area (TPSA) is 0 Å². The van der Waals surface area contributed by atoms with Crippen LogP contribution in [0.1, 0.15) is 75.9 Å². The van der Waals surface area contributed by atoms with Crippen LogP contribution in [0.25, 0.3) is 0 Å². The summed E-state index contributed by atoms with van der Waals surface area (Å²) in [6.07, 6.45) is 14.7. The van der Waals surface area contributed by atoms with E-state index < -0.39 is 5.83 Å². The third-order valence-corrected chi connectivity index (χ3v) is 3.56. The molecule has 0 aromatic carbocycles. The second-order valence-corrected chi connectivity index (χ2v) is 6.32. The minimum atomic E-state index is -1.73. The van der Waals surface area contributed by atoms with E-state index in [4.69, 9.17) is 14.3 Å². The van der Waals surface area contributed by atoms with Crippen LogP contribution in [0.2, 0.25) is 0 Å². The van der Waals surface area contributed by atoms with Crippen molar-refractivity contribution in [3.05, 3.63) is 46.6 Å². The van der Waals surface area contributed by atoms with Crippen LogP contribution < -0.4 is 0 Å². The van der Waals surface area contributed by atoms with Crippen molar-refractivity contribution in [2.24, 2.45) is 0 Å². The van der Waals surface area contributed by atoms with Crippen LogP contribution in [-0.4, -0.2) is 5.83 Å². The first-order chi connectivity index (χ1) is 10.6. The highest BCUT2D eigenvalue weighted by molar-refractivity contribution is 6.18. The second-order valence-electron chi connectivity index (χ2n) is 6.10. The number of halogens is 1. The molecule has 0 spiro atoms. The van der Waals surface area contributed by atoms with E-state index in [0.29, 0.717) is 0 Å². The molecule has 0 heterocycles. The normalized spacial score (nSPS) is 15.6. The zero-order valence-electron chi connectivity index (χ0n) is 16.4. The molecule has 0 aromatic heterocycles. The molecule has 0 atom stereocenters. The maximum Gasteiger partial charge on any atom is 0.0480 e. The molecule has 0 nitrogen and oxygen atoms in total. The van der Waals surface area contributed by atoms with Crippen LogP contribution in [-0.2, 0) is 0 Å². The second kappa shape index (κ2) is 13.0. The van der Waals surface area contributed by atoms with E-state index in [0.717, 1.165) is 44.1 Å². The van der Waals surface area contributed by atoms with Gasteiger partial charge in [0.05, 0.1) is 0 Å². The van der Waals surface area contributed by atoms with E-state index in [1.165, 1.54) is 22.8 Å². The molecule has 0 aromatic rings. The van der Waals surface area contributed by atoms with E-state index >= 15 is 0 Å². The molecular formula is C20H33Cl. The zero-order chi connectivity index (χ0) is 17.9. The minimum absolute atomic E-state index is 0.862. The van der Waals surface area contributed by atoms with E-state index in [-0.39, 0.29) is 0 Å². The fourth-order valence-corrected chi connectivity index (χ4v) is 2.24. The third-order valence-electron chi connectivity index (χ3n) is 3.46. The van der Waals surface area contributed by atoms with Crippen LogP contribution >= 0.6 is 11.6 Å². The Hall–Kier alpha value is -0.750. The van der Waals surface area contributed by atoms with Gasteiger partial charge in [-0.2, -0.15) is 0 Å². The quantitative estimate of drug-likeness (QED) is 0.292. The van der Waals surface area contributed by atoms with Crippen molar-refractivity contribution in [3.8, 4) is 0 Å². The van der Waals surface area contributed by atoms with E-state index in [2.05, 4.69) is 45.9 Å². The Labute approximate surface area is 140 Å². The molecule has 0 saturated heterocycles. The van der Waals surface area contributed by atoms with Gasteiger partial charge in [-0.05, 0) is 73.1 Å². The highest BCUT2D eigenvalue weighted by atomic mass is 35.5. The summed E-state index contributed by atoms with van der Waals surface area (Å²) in [5.41, 5.74) is 5.27. The van der Waals surface area contributed by atoms with Gasteiger partial charge in [0, 0.05) is 8.57 Å². The highest BCUT2D eigenvalue weighted by Crippen LogP contribution is 2.13. The minimum Gasteiger partial charge on any atom is -0.122 e. The molecule has 0 fully saturated rings. The summed E-state index contributed by atoms with van der Waals surface area (Å²) in [4.78, 5) is 0. The summed E-state index contributed by atoms with van der Waals surface area (Å²) in [5.74, 6) is -1.73. The molecule has 0 unspecified atom stereocenters. The maximum atomic E-state index is 7.32. The van der Waals surface area contributed by atoms with E-state index in [9.17, 15) is 0 Å². The monoisotopic (exact) mass is 310 g/mol. The number of allylic oxidation sites excluding steroid dienone is 8. The molecule has 0 saturated carbocycles. The first-order valence-corrected chi connectivity index (χ1v) is 8.30. The Kier molecular flexibility index (Phi) is 10.2. The SMILES string of the molecule is [2H]C([2H])(Cl)/C=C(\C)CC/C=C(\C)CC/C=C(\C)CCC=C(C)C. The summed E-state index contributed by atoms with van der Waals surface area (Å²) in [5, 5.41) is 0. The van der Waals surface area contributed by atoms with Crippen LogP contribution in [0.3, 0.4) is 0 Å². The van der Waals surface area contributed by atoms with Crippen molar-refractivity contribution < 1.29 is 2.74 Å². The average molecular weight is 311 g/mol. The van der Waals surface area contributed by atoms with Gasteiger partial charge in [0.2, 0.25) is 0 Å². The number of rotatable bonds is 10. The molecular weight excluding hydrogens is 276 g/mol. The molecule has 0 radical (unpaired) electrons. The predicted octanol–water partition coefficient (Wildman–Crippen LogP) is 7.37. The van der Waals surface area contributed by atoms with Crippen LogP contribution in [0.4, 0.5) is 0 Å². The molecule has 0 aliphatic heterocycles.